The summed E-state index contributed by atoms with van der Waals surface area (Å²) in [5.74, 6) is 0. The van der Waals surface area contributed by atoms with Gasteiger partial charge in [-0.3, -0.25) is 0 Å². The Labute approximate surface area is 141 Å². The lowest BCUT2D eigenvalue weighted by molar-refractivity contribution is 0.790. The van der Waals surface area contributed by atoms with Gasteiger partial charge in [-0.25, -0.2) is 0 Å². The molecule has 0 heterocycles. The maximum Gasteiger partial charge on any atom is 0.0651 e. The lowest BCUT2D eigenvalue weighted by Crippen LogP contribution is -2.21. The van der Waals surface area contributed by atoms with Gasteiger partial charge in [-0.1, -0.05) is 34.8 Å². The molecule has 0 saturated carbocycles. The highest BCUT2D eigenvalue weighted by Gasteiger charge is 2.14. The van der Waals surface area contributed by atoms with Crippen molar-refractivity contribution in [3.8, 4) is 0 Å². The molecule has 106 valence electrons. The van der Waals surface area contributed by atoms with Gasteiger partial charge < -0.3 is 11.1 Å². The van der Waals surface area contributed by atoms with E-state index < -0.39 is 0 Å². The summed E-state index contributed by atoms with van der Waals surface area (Å²) in [6.45, 7) is 0.383. The van der Waals surface area contributed by atoms with Crippen LogP contribution in [0.5, 0.6) is 0 Å². The van der Waals surface area contributed by atoms with Crippen LogP contribution in [0.15, 0.2) is 40.9 Å². The van der Waals surface area contributed by atoms with Gasteiger partial charge in [0, 0.05) is 26.8 Å². The molecule has 0 spiro atoms. The Kier molecular flexibility index (Phi) is 5.58. The van der Waals surface area contributed by atoms with E-state index in [0.29, 0.717) is 21.6 Å². The van der Waals surface area contributed by atoms with Crippen LogP contribution in [0.3, 0.4) is 0 Å². The maximum absolute atomic E-state index is 6.20. The predicted molar refractivity (Wildman–Crippen MR) is 91.0 cm³/mol. The molecule has 0 saturated heterocycles. The molecule has 0 amide bonds. The molecule has 2 nitrogen and oxygen atoms in total. The summed E-state index contributed by atoms with van der Waals surface area (Å²) in [7, 11) is 0. The molecule has 6 heteroatoms. The van der Waals surface area contributed by atoms with Gasteiger partial charge in [0.2, 0.25) is 0 Å². The van der Waals surface area contributed by atoms with Gasteiger partial charge in [0.25, 0.3) is 0 Å². The van der Waals surface area contributed by atoms with Crippen LogP contribution in [0.2, 0.25) is 15.1 Å². The van der Waals surface area contributed by atoms with E-state index in [1.165, 1.54) is 0 Å². The van der Waals surface area contributed by atoms with Crippen molar-refractivity contribution in [3.63, 3.8) is 0 Å². The molecule has 20 heavy (non-hydrogen) atoms. The molecule has 0 radical (unpaired) electrons. The summed E-state index contributed by atoms with van der Waals surface area (Å²) in [4.78, 5) is 0. The first-order chi connectivity index (χ1) is 9.51. The zero-order valence-corrected chi connectivity index (χ0v) is 14.2. The van der Waals surface area contributed by atoms with Crippen LogP contribution in [0, 0.1) is 0 Å². The number of anilines is 1. The van der Waals surface area contributed by atoms with E-state index in [-0.39, 0.29) is 6.04 Å². The summed E-state index contributed by atoms with van der Waals surface area (Å²) >= 11 is 21.7. The molecular weight excluding hydrogens is 382 g/mol. The second-order valence-corrected chi connectivity index (χ2v) is 6.33. The minimum Gasteiger partial charge on any atom is -0.377 e. The number of halogens is 4. The molecule has 1 unspecified atom stereocenters. The first-order valence-electron chi connectivity index (χ1n) is 5.88. The number of benzene rings is 2. The average Bonchev–Trinajstić information content (AvgIpc) is 2.43. The normalized spacial score (nSPS) is 12.2. The van der Waals surface area contributed by atoms with E-state index >= 15 is 0 Å². The van der Waals surface area contributed by atoms with Crippen LogP contribution in [0.1, 0.15) is 11.6 Å². The van der Waals surface area contributed by atoms with Gasteiger partial charge in [0.1, 0.15) is 0 Å². The second-order valence-electron chi connectivity index (χ2n) is 4.23. The molecule has 0 bridgehead atoms. The molecule has 0 aliphatic rings. The van der Waals surface area contributed by atoms with Gasteiger partial charge in [0.15, 0.2) is 0 Å². The Morgan fingerprint density at radius 3 is 2.45 bits per heavy atom. The summed E-state index contributed by atoms with van der Waals surface area (Å²) in [5.41, 5.74) is 7.56. The van der Waals surface area contributed by atoms with Crippen LogP contribution in [-0.2, 0) is 0 Å². The van der Waals surface area contributed by atoms with Crippen molar-refractivity contribution in [2.75, 3.05) is 11.9 Å². The van der Waals surface area contributed by atoms with Crippen LogP contribution in [0.4, 0.5) is 5.69 Å². The molecule has 0 aromatic heterocycles. The monoisotopic (exact) mass is 392 g/mol. The van der Waals surface area contributed by atoms with Gasteiger partial charge in [-0.15, -0.1) is 0 Å². The van der Waals surface area contributed by atoms with Crippen molar-refractivity contribution in [1.29, 1.82) is 0 Å². The summed E-state index contributed by atoms with van der Waals surface area (Å²) in [6.07, 6.45) is 0. The molecule has 0 aliphatic carbocycles. The molecule has 2 rings (SSSR count). The fourth-order valence-electron chi connectivity index (χ4n) is 1.83. The first-order valence-corrected chi connectivity index (χ1v) is 7.80. The van der Waals surface area contributed by atoms with Crippen LogP contribution >= 0.6 is 50.7 Å². The van der Waals surface area contributed by atoms with E-state index in [2.05, 4.69) is 21.2 Å². The van der Waals surface area contributed by atoms with E-state index in [4.69, 9.17) is 40.5 Å². The Morgan fingerprint density at radius 2 is 1.80 bits per heavy atom. The van der Waals surface area contributed by atoms with Crippen LogP contribution < -0.4 is 11.1 Å². The van der Waals surface area contributed by atoms with Crippen molar-refractivity contribution in [1.82, 2.24) is 0 Å². The summed E-state index contributed by atoms with van der Waals surface area (Å²) in [5, 5.41) is 5.18. The minimum atomic E-state index is -0.140. The fraction of sp³-hybridized carbons (Fsp3) is 0.143. The van der Waals surface area contributed by atoms with Crippen molar-refractivity contribution in [2.24, 2.45) is 5.73 Å². The Hall–Kier alpha value is -0.450. The van der Waals surface area contributed by atoms with E-state index in [1.807, 2.05) is 24.3 Å². The van der Waals surface area contributed by atoms with E-state index in [1.54, 1.807) is 12.1 Å². The third-order valence-corrected chi connectivity index (χ3v) is 4.64. The lowest BCUT2D eigenvalue weighted by atomic mass is 10.1. The second kappa shape index (κ2) is 7.01. The largest absolute Gasteiger partial charge is 0.377 e. The maximum atomic E-state index is 6.20. The average molecular weight is 395 g/mol. The van der Waals surface area contributed by atoms with Crippen LogP contribution in [-0.4, -0.2) is 6.54 Å². The topological polar surface area (TPSA) is 38.0 Å². The van der Waals surface area contributed by atoms with E-state index in [0.717, 1.165) is 15.7 Å². The quantitative estimate of drug-likeness (QED) is 0.716. The molecule has 2 aromatic rings. The first kappa shape index (κ1) is 15.9. The highest BCUT2D eigenvalue weighted by atomic mass is 79.9. The standard InChI is InChI=1S/C14H12BrCl3N2/c15-11-3-2-9(6-13(11)18)20-14(7-19)10-5-8(16)1-4-12(10)17/h1-6,14,20H,7,19H2. The van der Waals surface area contributed by atoms with Gasteiger partial charge in [-0.05, 0) is 57.9 Å². The predicted octanol–water partition coefficient (Wildman–Crippen LogP) is 5.52. The van der Waals surface area contributed by atoms with Crippen molar-refractivity contribution in [2.45, 2.75) is 6.04 Å². The van der Waals surface area contributed by atoms with Crippen molar-refractivity contribution in [3.05, 3.63) is 61.5 Å². The Morgan fingerprint density at radius 1 is 1.05 bits per heavy atom. The number of nitrogens with one attached hydrogen (secondary N) is 1. The summed E-state index contributed by atoms with van der Waals surface area (Å²) < 4.78 is 0.842. The summed E-state index contributed by atoms with van der Waals surface area (Å²) in [6, 6.07) is 10.8. The molecule has 3 N–H and O–H groups in total. The molecular formula is C14H12BrCl3N2. The Bertz CT molecular complexity index is 619. The van der Waals surface area contributed by atoms with Gasteiger partial charge in [-0.2, -0.15) is 0 Å². The third-order valence-electron chi connectivity index (χ3n) is 2.83. The molecule has 0 fully saturated rings. The third kappa shape index (κ3) is 3.80. The van der Waals surface area contributed by atoms with Crippen molar-refractivity contribution < 1.29 is 0 Å². The number of nitrogens with two attached hydrogens (primary N) is 1. The zero-order chi connectivity index (χ0) is 14.7. The number of hydrogen-bond donors (Lipinski definition) is 2. The van der Waals surface area contributed by atoms with E-state index in [9.17, 15) is 0 Å². The lowest BCUT2D eigenvalue weighted by Gasteiger charge is -2.20. The minimum absolute atomic E-state index is 0.140. The Balaban J connectivity index is 2.28. The van der Waals surface area contributed by atoms with Gasteiger partial charge in [0.05, 0.1) is 11.1 Å². The molecule has 0 aliphatic heterocycles. The fourth-order valence-corrected chi connectivity index (χ4v) is 2.69. The highest BCUT2D eigenvalue weighted by molar-refractivity contribution is 9.10. The SMILES string of the molecule is NCC(Nc1ccc(Br)c(Cl)c1)c1cc(Cl)ccc1Cl. The number of rotatable bonds is 4. The van der Waals surface area contributed by atoms with Crippen molar-refractivity contribution >= 4 is 56.4 Å². The van der Waals surface area contributed by atoms with Crippen LogP contribution in [0.25, 0.3) is 0 Å². The zero-order valence-electron chi connectivity index (χ0n) is 10.3. The molecule has 2 aromatic carbocycles. The molecule has 1 atom stereocenters. The number of hydrogen-bond acceptors (Lipinski definition) is 2. The highest BCUT2D eigenvalue weighted by Crippen LogP contribution is 2.31. The smallest absolute Gasteiger partial charge is 0.0651 e. The van der Waals surface area contributed by atoms with Gasteiger partial charge >= 0.3 is 0 Å².